The Kier molecular flexibility index (Phi) is 4.74. The zero-order valence-corrected chi connectivity index (χ0v) is 8.33. The molecular formula is C10H11NO4. The van der Waals surface area contributed by atoms with Crippen LogP contribution in [0, 0.1) is 0 Å². The van der Waals surface area contributed by atoms with Crippen molar-refractivity contribution in [2.45, 2.75) is 6.92 Å². The fourth-order valence-electron chi connectivity index (χ4n) is 0.489. The second-order valence-corrected chi connectivity index (χ2v) is 2.63. The maximum atomic E-state index is 11.0. The van der Waals surface area contributed by atoms with Gasteiger partial charge >= 0.3 is 11.9 Å². The van der Waals surface area contributed by atoms with Gasteiger partial charge in [0.2, 0.25) is 0 Å². The van der Waals surface area contributed by atoms with Crippen molar-refractivity contribution >= 4 is 17.8 Å². The molecule has 0 saturated carbocycles. The lowest BCUT2D eigenvalue weighted by molar-refractivity contribution is -0.153. The summed E-state index contributed by atoms with van der Waals surface area (Å²) < 4.78 is 4.20. The van der Waals surface area contributed by atoms with Crippen molar-refractivity contribution in [3.63, 3.8) is 0 Å². The molecule has 1 amide bonds. The standard InChI is InChI=1S/C10H11NO4/c1-5-8(12)15-10(14)7(4)11-9(13)6(2)3/h5H,1-2,4H2,3H3,(H,11,13). The van der Waals surface area contributed by atoms with Crippen molar-refractivity contribution in [1.29, 1.82) is 0 Å². The van der Waals surface area contributed by atoms with Gasteiger partial charge in [0, 0.05) is 11.6 Å². The minimum absolute atomic E-state index is 0.207. The molecule has 0 spiro atoms. The van der Waals surface area contributed by atoms with E-state index in [4.69, 9.17) is 0 Å². The van der Waals surface area contributed by atoms with Crippen LogP contribution in [0.3, 0.4) is 0 Å². The Morgan fingerprint density at radius 2 is 1.80 bits per heavy atom. The van der Waals surface area contributed by atoms with Gasteiger partial charge in [0.25, 0.3) is 5.91 Å². The van der Waals surface area contributed by atoms with Crippen molar-refractivity contribution in [3.8, 4) is 0 Å². The molecule has 0 rings (SSSR count). The number of rotatable bonds is 4. The van der Waals surface area contributed by atoms with Gasteiger partial charge in [-0.25, -0.2) is 9.59 Å². The maximum absolute atomic E-state index is 11.0. The molecule has 0 aromatic heterocycles. The first-order valence-corrected chi connectivity index (χ1v) is 3.92. The number of hydrogen-bond donors (Lipinski definition) is 1. The van der Waals surface area contributed by atoms with Crippen LogP contribution in [-0.4, -0.2) is 17.8 Å². The second kappa shape index (κ2) is 5.54. The molecule has 0 aromatic rings. The van der Waals surface area contributed by atoms with Gasteiger partial charge in [-0.1, -0.05) is 19.7 Å². The zero-order chi connectivity index (χ0) is 12.0. The quantitative estimate of drug-likeness (QED) is 0.414. The van der Waals surface area contributed by atoms with Crippen LogP contribution < -0.4 is 5.32 Å². The number of esters is 2. The second-order valence-electron chi connectivity index (χ2n) is 2.63. The summed E-state index contributed by atoms with van der Waals surface area (Å²) in [4.78, 5) is 32.7. The minimum Gasteiger partial charge on any atom is -0.385 e. The van der Waals surface area contributed by atoms with Crippen molar-refractivity contribution < 1.29 is 19.1 Å². The van der Waals surface area contributed by atoms with Crippen molar-refractivity contribution in [2.24, 2.45) is 0 Å². The first kappa shape index (κ1) is 12.8. The molecule has 80 valence electrons. The molecule has 0 aliphatic rings. The van der Waals surface area contributed by atoms with Gasteiger partial charge in [0.05, 0.1) is 0 Å². The van der Waals surface area contributed by atoms with E-state index in [1.807, 2.05) is 0 Å². The maximum Gasteiger partial charge on any atom is 0.362 e. The number of carbonyl (C=O) groups excluding carboxylic acids is 3. The number of carbonyl (C=O) groups is 3. The number of ether oxygens (including phenoxy) is 1. The topological polar surface area (TPSA) is 72.5 Å². The normalized spacial score (nSPS) is 8.60. The van der Waals surface area contributed by atoms with Crippen molar-refractivity contribution in [3.05, 3.63) is 37.1 Å². The lowest BCUT2D eigenvalue weighted by Gasteiger charge is -2.05. The van der Waals surface area contributed by atoms with E-state index in [2.05, 4.69) is 29.8 Å². The van der Waals surface area contributed by atoms with Crippen molar-refractivity contribution in [1.82, 2.24) is 5.32 Å². The summed E-state index contributed by atoms with van der Waals surface area (Å²) in [5.74, 6) is -2.51. The first-order valence-electron chi connectivity index (χ1n) is 3.92. The van der Waals surface area contributed by atoms with Crippen LogP contribution in [-0.2, 0) is 19.1 Å². The smallest absolute Gasteiger partial charge is 0.362 e. The van der Waals surface area contributed by atoms with E-state index in [0.29, 0.717) is 0 Å². The fraction of sp³-hybridized carbons (Fsp3) is 0.100. The lowest BCUT2D eigenvalue weighted by atomic mass is 10.3. The van der Waals surface area contributed by atoms with E-state index in [9.17, 15) is 14.4 Å². The number of nitrogens with one attached hydrogen (secondary N) is 1. The minimum atomic E-state index is -1.03. The Hall–Kier alpha value is -2.17. The van der Waals surface area contributed by atoms with Gasteiger partial charge in [0.15, 0.2) is 0 Å². The highest BCUT2D eigenvalue weighted by Crippen LogP contribution is 1.94. The molecule has 0 aromatic carbocycles. The Labute approximate surface area is 87.1 Å². The Morgan fingerprint density at radius 1 is 1.27 bits per heavy atom. The Morgan fingerprint density at radius 3 is 2.20 bits per heavy atom. The van der Waals surface area contributed by atoms with E-state index in [0.717, 1.165) is 6.08 Å². The Balaban J connectivity index is 4.29. The third-order valence-corrected chi connectivity index (χ3v) is 1.26. The first-order chi connectivity index (χ1) is 6.88. The third-order valence-electron chi connectivity index (χ3n) is 1.26. The van der Waals surface area contributed by atoms with Crippen LogP contribution in [0.15, 0.2) is 37.1 Å². The van der Waals surface area contributed by atoms with Gasteiger partial charge in [-0.2, -0.15) is 0 Å². The average Bonchev–Trinajstić information content (AvgIpc) is 2.16. The molecule has 0 aliphatic carbocycles. The molecule has 0 atom stereocenters. The highest BCUT2D eigenvalue weighted by molar-refractivity contribution is 6.03. The van der Waals surface area contributed by atoms with Gasteiger partial charge in [-0.3, -0.25) is 4.79 Å². The highest BCUT2D eigenvalue weighted by atomic mass is 16.6. The summed E-state index contributed by atoms with van der Waals surface area (Å²) in [7, 11) is 0. The average molecular weight is 209 g/mol. The van der Waals surface area contributed by atoms with Gasteiger partial charge < -0.3 is 10.1 Å². The summed E-state index contributed by atoms with van der Waals surface area (Å²) in [6.45, 7) is 11.2. The molecule has 0 aliphatic heterocycles. The van der Waals surface area contributed by atoms with E-state index in [1.165, 1.54) is 6.92 Å². The SMILES string of the molecule is C=CC(=O)OC(=O)C(=C)NC(=O)C(=C)C. The fourth-order valence-corrected chi connectivity index (χ4v) is 0.489. The summed E-state index contributed by atoms with van der Waals surface area (Å²) >= 11 is 0. The van der Waals surface area contributed by atoms with Crippen molar-refractivity contribution in [2.75, 3.05) is 0 Å². The molecule has 0 saturated heterocycles. The van der Waals surface area contributed by atoms with E-state index in [-0.39, 0.29) is 11.3 Å². The van der Waals surface area contributed by atoms with Gasteiger partial charge in [-0.15, -0.1) is 0 Å². The summed E-state index contributed by atoms with van der Waals surface area (Å²) in [5, 5.41) is 2.11. The van der Waals surface area contributed by atoms with Gasteiger partial charge in [-0.05, 0) is 6.92 Å². The zero-order valence-electron chi connectivity index (χ0n) is 8.33. The molecular weight excluding hydrogens is 198 g/mol. The molecule has 0 unspecified atom stereocenters. The highest BCUT2D eigenvalue weighted by Gasteiger charge is 2.14. The lowest BCUT2D eigenvalue weighted by Crippen LogP contribution is -2.28. The molecule has 0 radical (unpaired) electrons. The van der Waals surface area contributed by atoms with Crippen LogP contribution in [0.1, 0.15) is 6.92 Å². The van der Waals surface area contributed by atoms with Gasteiger partial charge in [0.1, 0.15) is 5.70 Å². The van der Waals surface area contributed by atoms with E-state index in [1.54, 1.807) is 0 Å². The largest absolute Gasteiger partial charge is 0.385 e. The monoisotopic (exact) mass is 209 g/mol. The molecule has 1 N–H and O–H groups in total. The molecule has 15 heavy (non-hydrogen) atoms. The molecule has 0 bridgehead atoms. The van der Waals surface area contributed by atoms with Crippen LogP contribution in [0.25, 0.3) is 0 Å². The molecule has 0 fully saturated rings. The predicted octanol–water partition coefficient (Wildman–Crippen LogP) is 0.448. The van der Waals surface area contributed by atoms with Crippen LogP contribution in [0.2, 0.25) is 0 Å². The summed E-state index contributed by atoms with van der Waals surface area (Å²) in [5.41, 5.74) is -0.128. The number of amides is 1. The molecule has 5 nitrogen and oxygen atoms in total. The van der Waals surface area contributed by atoms with Crippen LogP contribution in [0.5, 0.6) is 0 Å². The van der Waals surface area contributed by atoms with E-state index >= 15 is 0 Å². The van der Waals surface area contributed by atoms with Crippen LogP contribution in [0.4, 0.5) is 0 Å². The third kappa shape index (κ3) is 4.56. The number of hydrogen-bond acceptors (Lipinski definition) is 4. The van der Waals surface area contributed by atoms with Crippen LogP contribution >= 0.6 is 0 Å². The van der Waals surface area contributed by atoms with E-state index < -0.39 is 17.8 Å². The summed E-state index contributed by atoms with van der Waals surface area (Å²) in [6, 6.07) is 0. The predicted molar refractivity (Wildman–Crippen MR) is 53.4 cm³/mol. The Bertz CT molecular complexity index is 354. The molecule has 0 heterocycles. The molecule has 5 heteroatoms. The summed E-state index contributed by atoms with van der Waals surface area (Å²) in [6.07, 6.45) is 0.825.